The van der Waals surface area contributed by atoms with Crippen LogP contribution < -0.4 is 0 Å². The molecule has 0 fully saturated rings. The fraction of sp³-hybridized carbons (Fsp3) is 0.250. The lowest BCUT2D eigenvalue weighted by Crippen LogP contribution is -1.98. The van der Waals surface area contributed by atoms with Gasteiger partial charge in [-0.2, -0.15) is 0 Å². The number of hydrogen-bond acceptors (Lipinski definition) is 2. The Labute approximate surface area is 83.9 Å². The van der Waals surface area contributed by atoms with Crippen LogP contribution in [0.3, 0.4) is 0 Å². The van der Waals surface area contributed by atoms with Gasteiger partial charge in [0.1, 0.15) is 0 Å². The normalized spacial score (nSPS) is 9.86. The van der Waals surface area contributed by atoms with Gasteiger partial charge in [0, 0.05) is 12.0 Å². The van der Waals surface area contributed by atoms with Gasteiger partial charge in [-0.3, -0.25) is 4.79 Å². The van der Waals surface area contributed by atoms with Crippen LogP contribution in [0.25, 0.3) is 5.57 Å². The monoisotopic (exact) mass is 190 g/mol. The van der Waals surface area contributed by atoms with Crippen molar-refractivity contribution < 1.29 is 9.90 Å². The summed E-state index contributed by atoms with van der Waals surface area (Å²) in [5.41, 5.74) is 2.14. The molecule has 0 atom stereocenters. The fourth-order valence-corrected chi connectivity index (χ4v) is 1.21. The molecule has 1 aromatic rings. The molecular weight excluding hydrogens is 176 g/mol. The molecule has 74 valence electrons. The standard InChI is InChI=1S/C12H14O2/c1-3-12(14)11-6-4-5-10(7-11)9(2)8-13/h4-7,13H,2-3,8H2,1H3. The van der Waals surface area contributed by atoms with Crippen molar-refractivity contribution in [2.75, 3.05) is 6.61 Å². The van der Waals surface area contributed by atoms with Crippen molar-refractivity contribution in [3.8, 4) is 0 Å². The Hall–Kier alpha value is -1.41. The van der Waals surface area contributed by atoms with Crippen LogP contribution in [0.1, 0.15) is 29.3 Å². The Kier molecular flexibility index (Phi) is 3.60. The molecule has 1 N–H and O–H groups in total. The second-order valence-electron chi connectivity index (χ2n) is 3.12. The number of carbonyl (C=O) groups excluding carboxylic acids is 1. The highest BCUT2D eigenvalue weighted by Gasteiger charge is 2.04. The first-order valence-electron chi connectivity index (χ1n) is 4.61. The smallest absolute Gasteiger partial charge is 0.162 e. The Balaban J connectivity index is 3.01. The van der Waals surface area contributed by atoms with Crippen LogP contribution >= 0.6 is 0 Å². The molecule has 2 heteroatoms. The van der Waals surface area contributed by atoms with Crippen LogP contribution in [-0.2, 0) is 0 Å². The maximum atomic E-state index is 11.4. The van der Waals surface area contributed by atoms with Gasteiger partial charge in [-0.05, 0) is 17.2 Å². The minimum atomic E-state index is -0.0796. The highest BCUT2D eigenvalue weighted by Crippen LogP contribution is 2.14. The number of rotatable bonds is 4. The summed E-state index contributed by atoms with van der Waals surface area (Å²) in [6, 6.07) is 7.19. The molecule has 0 aliphatic heterocycles. The lowest BCUT2D eigenvalue weighted by molar-refractivity contribution is 0.0988. The SMILES string of the molecule is C=C(CO)c1cccc(C(=O)CC)c1. The van der Waals surface area contributed by atoms with E-state index >= 15 is 0 Å². The first kappa shape index (κ1) is 10.7. The van der Waals surface area contributed by atoms with E-state index in [1.54, 1.807) is 18.2 Å². The third-order valence-corrected chi connectivity index (χ3v) is 2.10. The number of aliphatic hydroxyl groups excluding tert-OH is 1. The van der Waals surface area contributed by atoms with E-state index in [0.29, 0.717) is 17.6 Å². The molecule has 0 spiro atoms. The van der Waals surface area contributed by atoms with Crippen LogP contribution in [-0.4, -0.2) is 17.5 Å². The van der Waals surface area contributed by atoms with Crippen molar-refractivity contribution >= 4 is 11.4 Å². The van der Waals surface area contributed by atoms with E-state index < -0.39 is 0 Å². The molecular formula is C12H14O2. The average molecular weight is 190 g/mol. The summed E-state index contributed by atoms with van der Waals surface area (Å²) in [5.74, 6) is 0.109. The van der Waals surface area contributed by atoms with E-state index in [4.69, 9.17) is 5.11 Å². The summed E-state index contributed by atoms with van der Waals surface area (Å²) >= 11 is 0. The second kappa shape index (κ2) is 4.72. The van der Waals surface area contributed by atoms with Gasteiger partial charge in [0.05, 0.1) is 6.61 Å². The highest BCUT2D eigenvalue weighted by atomic mass is 16.3. The van der Waals surface area contributed by atoms with Gasteiger partial charge in [0.2, 0.25) is 0 Å². The van der Waals surface area contributed by atoms with Crippen LogP contribution in [0.15, 0.2) is 30.8 Å². The van der Waals surface area contributed by atoms with Crippen LogP contribution in [0.2, 0.25) is 0 Å². The lowest BCUT2D eigenvalue weighted by atomic mass is 10.0. The molecule has 0 bridgehead atoms. The zero-order valence-corrected chi connectivity index (χ0v) is 8.29. The molecule has 0 aromatic heterocycles. The first-order valence-corrected chi connectivity index (χ1v) is 4.61. The minimum Gasteiger partial charge on any atom is -0.392 e. The molecule has 0 amide bonds. The van der Waals surface area contributed by atoms with Crippen LogP contribution in [0.4, 0.5) is 0 Å². The van der Waals surface area contributed by atoms with Crippen LogP contribution in [0, 0.1) is 0 Å². The van der Waals surface area contributed by atoms with Gasteiger partial charge >= 0.3 is 0 Å². The molecule has 0 saturated heterocycles. The maximum Gasteiger partial charge on any atom is 0.162 e. The van der Waals surface area contributed by atoms with Gasteiger partial charge in [-0.15, -0.1) is 0 Å². The average Bonchev–Trinajstić information content (AvgIpc) is 2.27. The first-order chi connectivity index (χ1) is 6.69. The molecule has 2 nitrogen and oxygen atoms in total. The summed E-state index contributed by atoms with van der Waals surface area (Å²) < 4.78 is 0. The van der Waals surface area contributed by atoms with E-state index in [0.717, 1.165) is 5.56 Å². The third kappa shape index (κ3) is 2.30. The van der Waals surface area contributed by atoms with Crippen molar-refractivity contribution in [2.45, 2.75) is 13.3 Å². The van der Waals surface area contributed by atoms with E-state index in [-0.39, 0.29) is 12.4 Å². The van der Waals surface area contributed by atoms with Gasteiger partial charge in [-0.25, -0.2) is 0 Å². The van der Waals surface area contributed by atoms with Crippen molar-refractivity contribution in [3.05, 3.63) is 42.0 Å². The molecule has 14 heavy (non-hydrogen) atoms. The molecule has 0 radical (unpaired) electrons. The van der Waals surface area contributed by atoms with E-state index in [2.05, 4.69) is 6.58 Å². The number of ketones is 1. The van der Waals surface area contributed by atoms with Gasteiger partial charge in [-0.1, -0.05) is 31.7 Å². The number of aliphatic hydroxyl groups is 1. The van der Waals surface area contributed by atoms with Crippen LogP contribution in [0.5, 0.6) is 0 Å². The maximum absolute atomic E-state index is 11.4. The topological polar surface area (TPSA) is 37.3 Å². The van der Waals surface area contributed by atoms with Gasteiger partial charge in [0.25, 0.3) is 0 Å². The van der Waals surface area contributed by atoms with E-state index in [9.17, 15) is 4.79 Å². The van der Waals surface area contributed by atoms with Crippen molar-refractivity contribution in [1.82, 2.24) is 0 Å². The van der Waals surface area contributed by atoms with Gasteiger partial charge in [0.15, 0.2) is 5.78 Å². The Bertz CT molecular complexity index is 322. The Morgan fingerprint density at radius 1 is 1.43 bits per heavy atom. The zero-order chi connectivity index (χ0) is 10.6. The van der Waals surface area contributed by atoms with Crippen molar-refractivity contribution in [2.24, 2.45) is 0 Å². The highest BCUT2D eigenvalue weighted by molar-refractivity contribution is 5.96. The Morgan fingerprint density at radius 2 is 2.07 bits per heavy atom. The number of hydrogen-bond donors (Lipinski definition) is 1. The molecule has 0 saturated carbocycles. The summed E-state index contributed by atoms with van der Waals surface area (Å²) in [4.78, 5) is 11.4. The van der Waals surface area contributed by atoms with Crippen molar-refractivity contribution in [3.63, 3.8) is 0 Å². The molecule has 1 aromatic carbocycles. The predicted octanol–water partition coefficient (Wildman–Crippen LogP) is 2.28. The van der Waals surface area contributed by atoms with E-state index in [1.807, 2.05) is 13.0 Å². The predicted molar refractivity (Wildman–Crippen MR) is 57.2 cm³/mol. The summed E-state index contributed by atoms with van der Waals surface area (Å²) in [6.45, 7) is 5.46. The van der Waals surface area contributed by atoms with Crippen molar-refractivity contribution in [1.29, 1.82) is 0 Å². The largest absolute Gasteiger partial charge is 0.392 e. The molecule has 1 rings (SSSR count). The summed E-state index contributed by atoms with van der Waals surface area (Å²) in [7, 11) is 0. The molecule has 0 heterocycles. The Morgan fingerprint density at radius 3 is 2.64 bits per heavy atom. The number of carbonyl (C=O) groups is 1. The zero-order valence-electron chi connectivity index (χ0n) is 8.29. The number of benzene rings is 1. The van der Waals surface area contributed by atoms with Gasteiger partial charge < -0.3 is 5.11 Å². The fourth-order valence-electron chi connectivity index (χ4n) is 1.21. The van der Waals surface area contributed by atoms with E-state index in [1.165, 1.54) is 0 Å². The quantitative estimate of drug-likeness (QED) is 0.739. The number of Topliss-reactive ketones (excluding diaryl/α,β-unsaturated/α-hetero) is 1. The minimum absolute atomic E-state index is 0.0796. The third-order valence-electron chi connectivity index (χ3n) is 2.10. The molecule has 0 aliphatic carbocycles. The summed E-state index contributed by atoms with van der Waals surface area (Å²) in [6.07, 6.45) is 0.495. The second-order valence-corrected chi connectivity index (χ2v) is 3.12. The summed E-state index contributed by atoms with van der Waals surface area (Å²) in [5, 5.41) is 8.89. The lowest BCUT2D eigenvalue weighted by Gasteiger charge is -2.04. The molecule has 0 unspecified atom stereocenters. The molecule has 0 aliphatic rings.